The van der Waals surface area contributed by atoms with Gasteiger partial charge in [0.2, 0.25) is 0 Å². The van der Waals surface area contributed by atoms with Crippen LogP contribution in [-0.4, -0.2) is 7.11 Å². The lowest BCUT2D eigenvalue weighted by molar-refractivity contribution is 0.411. The normalized spacial score (nSPS) is 10.0. The average molecular weight is 195 g/mol. The standard InChI is InChI=1S/C11H15OS/c1-3-8-13-9-10-6-4-5-7-11(10)12-2/h4-8H,3,9H2,1-2H3. The summed E-state index contributed by atoms with van der Waals surface area (Å²) in [7, 11) is 1.72. The van der Waals surface area contributed by atoms with Crippen LogP contribution in [0.25, 0.3) is 0 Å². The van der Waals surface area contributed by atoms with E-state index in [2.05, 4.69) is 18.7 Å². The van der Waals surface area contributed by atoms with Gasteiger partial charge in [0, 0.05) is 17.1 Å². The molecular formula is C11H15OS. The summed E-state index contributed by atoms with van der Waals surface area (Å²) >= 11 is 1.83. The molecular weight excluding hydrogens is 180 g/mol. The van der Waals surface area contributed by atoms with Gasteiger partial charge in [-0.2, -0.15) is 11.8 Å². The highest BCUT2D eigenvalue weighted by Gasteiger charge is 2.00. The van der Waals surface area contributed by atoms with Gasteiger partial charge in [-0.05, 0) is 12.5 Å². The van der Waals surface area contributed by atoms with Gasteiger partial charge in [-0.3, -0.25) is 0 Å². The third kappa shape index (κ3) is 3.31. The zero-order valence-corrected chi connectivity index (χ0v) is 8.93. The maximum atomic E-state index is 5.25. The van der Waals surface area contributed by atoms with Crippen molar-refractivity contribution < 1.29 is 4.74 Å². The van der Waals surface area contributed by atoms with Gasteiger partial charge >= 0.3 is 0 Å². The second-order valence-electron chi connectivity index (χ2n) is 2.70. The lowest BCUT2D eigenvalue weighted by Crippen LogP contribution is -1.89. The van der Waals surface area contributed by atoms with Crippen LogP contribution in [-0.2, 0) is 5.75 Å². The van der Waals surface area contributed by atoms with Crippen LogP contribution in [0.1, 0.15) is 18.9 Å². The highest BCUT2D eigenvalue weighted by atomic mass is 32.2. The number of thioether (sulfide) groups is 1. The topological polar surface area (TPSA) is 9.23 Å². The lowest BCUT2D eigenvalue weighted by atomic mass is 10.2. The molecule has 0 aliphatic carbocycles. The summed E-state index contributed by atoms with van der Waals surface area (Å²) < 4.78 is 5.25. The van der Waals surface area contributed by atoms with Gasteiger partial charge in [0.25, 0.3) is 0 Å². The van der Waals surface area contributed by atoms with E-state index in [9.17, 15) is 0 Å². The van der Waals surface area contributed by atoms with Crippen molar-refractivity contribution in [2.45, 2.75) is 19.1 Å². The predicted octanol–water partition coefficient (Wildman–Crippen LogP) is 3.50. The molecule has 1 aromatic rings. The lowest BCUT2D eigenvalue weighted by Gasteiger charge is -2.06. The molecule has 0 bridgehead atoms. The van der Waals surface area contributed by atoms with Crippen molar-refractivity contribution >= 4 is 11.8 Å². The van der Waals surface area contributed by atoms with E-state index in [1.54, 1.807) is 7.11 Å². The molecule has 0 heterocycles. The number of methoxy groups -OCH3 is 1. The third-order valence-corrected chi connectivity index (χ3v) is 2.76. The second-order valence-corrected chi connectivity index (χ2v) is 3.65. The van der Waals surface area contributed by atoms with Crippen LogP contribution >= 0.6 is 11.8 Å². The monoisotopic (exact) mass is 195 g/mol. The van der Waals surface area contributed by atoms with Crippen molar-refractivity contribution in [2.75, 3.05) is 7.11 Å². The van der Waals surface area contributed by atoms with Crippen LogP contribution < -0.4 is 4.74 Å². The summed E-state index contributed by atoms with van der Waals surface area (Å²) in [5.41, 5.74) is 1.26. The van der Waals surface area contributed by atoms with E-state index >= 15 is 0 Å². The highest BCUT2D eigenvalue weighted by Crippen LogP contribution is 2.24. The molecule has 1 aromatic carbocycles. The van der Waals surface area contributed by atoms with Gasteiger partial charge in [-0.15, -0.1) is 0 Å². The molecule has 0 aliphatic rings. The Balaban J connectivity index is 2.54. The first-order valence-electron chi connectivity index (χ1n) is 4.43. The number of rotatable bonds is 5. The molecule has 0 fully saturated rings. The van der Waals surface area contributed by atoms with E-state index < -0.39 is 0 Å². The molecule has 0 saturated heterocycles. The van der Waals surface area contributed by atoms with Crippen LogP contribution in [0.4, 0.5) is 0 Å². The molecule has 0 saturated carbocycles. The molecule has 1 radical (unpaired) electrons. The quantitative estimate of drug-likeness (QED) is 0.665. The smallest absolute Gasteiger partial charge is 0.122 e. The van der Waals surface area contributed by atoms with Gasteiger partial charge in [-0.1, -0.05) is 25.1 Å². The summed E-state index contributed by atoms with van der Waals surface area (Å²) in [6.45, 7) is 2.15. The summed E-state index contributed by atoms with van der Waals surface area (Å²) in [5.74, 6) is 4.20. The molecule has 1 rings (SSSR count). The molecule has 0 spiro atoms. The van der Waals surface area contributed by atoms with Gasteiger partial charge in [0.15, 0.2) is 0 Å². The van der Waals surface area contributed by atoms with E-state index in [4.69, 9.17) is 4.74 Å². The summed E-state index contributed by atoms with van der Waals surface area (Å²) in [4.78, 5) is 0. The Kier molecular flexibility index (Phi) is 4.76. The van der Waals surface area contributed by atoms with Crippen molar-refractivity contribution in [3.05, 3.63) is 35.6 Å². The first kappa shape index (κ1) is 10.5. The van der Waals surface area contributed by atoms with E-state index in [0.29, 0.717) is 0 Å². The van der Waals surface area contributed by atoms with Crippen LogP contribution in [0.3, 0.4) is 0 Å². The molecule has 0 aromatic heterocycles. The Morgan fingerprint density at radius 3 is 2.85 bits per heavy atom. The number of hydrogen-bond donors (Lipinski definition) is 0. The minimum atomic E-state index is 0.986. The Bertz CT molecular complexity index is 248. The minimum absolute atomic E-state index is 0.986. The van der Waals surface area contributed by atoms with E-state index in [-0.39, 0.29) is 0 Å². The van der Waals surface area contributed by atoms with Gasteiger partial charge < -0.3 is 4.74 Å². The third-order valence-electron chi connectivity index (χ3n) is 1.72. The van der Waals surface area contributed by atoms with Gasteiger partial charge in [0.1, 0.15) is 5.75 Å². The number of hydrogen-bond acceptors (Lipinski definition) is 2. The highest BCUT2D eigenvalue weighted by molar-refractivity contribution is 8.00. The van der Waals surface area contributed by atoms with Crippen LogP contribution in [0.5, 0.6) is 5.75 Å². The number of ether oxygens (including phenoxy) is 1. The minimum Gasteiger partial charge on any atom is -0.496 e. The number of para-hydroxylation sites is 1. The van der Waals surface area contributed by atoms with Crippen molar-refractivity contribution in [3.8, 4) is 5.75 Å². The largest absolute Gasteiger partial charge is 0.496 e. The predicted molar refractivity (Wildman–Crippen MR) is 58.9 cm³/mol. The SMILES string of the molecule is CC[CH]SCc1ccccc1OC. The molecule has 2 heteroatoms. The Morgan fingerprint density at radius 2 is 2.15 bits per heavy atom. The van der Waals surface area contributed by atoms with Crippen LogP contribution in [0, 0.1) is 5.75 Å². The number of benzene rings is 1. The fourth-order valence-corrected chi connectivity index (χ4v) is 1.86. The molecule has 0 amide bonds. The van der Waals surface area contributed by atoms with Gasteiger partial charge in [0.05, 0.1) is 7.11 Å². The molecule has 0 aliphatic heterocycles. The van der Waals surface area contributed by atoms with E-state index in [1.165, 1.54) is 5.56 Å². The molecule has 1 nitrogen and oxygen atoms in total. The van der Waals surface area contributed by atoms with Crippen molar-refractivity contribution in [1.82, 2.24) is 0 Å². The zero-order valence-electron chi connectivity index (χ0n) is 8.12. The van der Waals surface area contributed by atoms with Gasteiger partial charge in [-0.25, -0.2) is 0 Å². The Hall–Kier alpha value is -0.630. The van der Waals surface area contributed by atoms with Crippen molar-refractivity contribution in [1.29, 1.82) is 0 Å². The van der Waals surface area contributed by atoms with E-state index in [1.807, 2.05) is 30.0 Å². The molecule has 0 atom stereocenters. The van der Waals surface area contributed by atoms with Crippen molar-refractivity contribution in [2.24, 2.45) is 0 Å². The van der Waals surface area contributed by atoms with Crippen LogP contribution in [0.2, 0.25) is 0 Å². The van der Waals surface area contributed by atoms with Crippen molar-refractivity contribution in [3.63, 3.8) is 0 Å². The fraction of sp³-hybridized carbons (Fsp3) is 0.364. The summed E-state index contributed by atoms with van der Waals surface area (Å²) in [6, 6.07) is 8.15. The second kappa shape index (κ2) is 5.92. The molecule has 13 heavy (non-hydrogen) atoms. The maximum Gasteiger partial charge on any atom is 0.122 e. The first-order chi connectivity index (χ1) is 6.38. The molecule has 71 valence electrons. The molecule has 0 N–H and O–H groups in total. The Morgan fingerprint density at radius 1 is 1.38 bits per heavy atom. The van der Waals surface area contributed by atoms with Crippen LogP contribution in [0.15, 0.2) is 24.3 Å². The fourth-order valence-electron chi connectivity index (χ4n) is 1.09. The first-order valence-corrected chi connectivity index (χ1v) is 5.48. The Labute approximate surface area is 84.5 Å². The molecule has 0 unspecified atom stereocenters. The van der Waals surface area contributed by atoms with E-state index in [0.717, 1.165) is 17.9 Å². The summed E-state index contributed by atoms with van der Waals surface area (Å²) in [6.07, 6.45) is 1.11. The zero-order chi connectivity index (χ0) is 9.52. The maximum absolute atomic E-state index is 5.25. The summed E-state index contributed by atoms with van der Waals surface area (Å²) in [5, 5.41) is 0. The average Bonchev–Trinajstić information content (AvgIpc) is 2.19.